The highest BCUT2D eigenvalue weighted by Gasteiger charge is 2.26. The van der Waals surface area contributed by atoms with Gasteiger partial charge in [-0.1, -0.05) is 97.1 Å². The molecule has 0 amide bonds. The Hall–Kier alpha value is -11.3. The van der Waals surface area contributed by atoms with Crippen LogP contribution in [0.3, 0.4) is 0 Å². The zero-order valence-electron chi connectivity index (χ0n) is 40.1. The molecule has 12 rings (SSSR count). The average Bonchev–Trinajstić information content (AvgIpc) is 4.02. The van der Waals surface area contributed by atoms with E-state index in [0.29, 0.717) is 45.1 Å². The van der Waals surface area contributed by atoms with Crippen LogP contribution in [0.5, 0.6) is 0 Å². The van der Waals surface area contributed by atoms with Gasteiger partial charge in [0.2, 0.25) is 5.69 Å². The van der Waals surface area contributed by atoms with Gasteiger partial charge in [-0.3, -0.25) is 0 Å². The van der Waals surface area contributed by atoms with Gasteiger partial charge in [-0.25, -0.2) is 14.5 Å². The van der Waals surface area contributed by atoms with Crippen molar-refractivity contribution >= 4 is 60.7 Å². The zero-order valence-corrected chi connectivity index (χ0v) is 40.1. The Morgan fingerprint density at radius 3 is 1.19 bits per heavy atom. The molecule has 344 valence electrons. The van der Waals surface area contributed by atoms with E-state index in [2.05, 4.69) is 127 Å². The molecule has 75 heavy (non-hydrogen) atoms. The van der Waals surface area contributed by atoms with E-state index in [1.165, 1.54) is 0 Å². The molecular weight excluding hydrogens is 917 g/mol. The standard InChI is InChI=1S/C67H36N8/c1-41-27-44(40-70)31-53(28-41)56-21-26-65(74-61-22-17-49(45-11-5-9-42(29-45)38-68)34-57(61)58-36-51(18-23-62(58)74)47-13-7-15-54(32-47)71-2)66(73-4)67(56)75-63-24-19-50(46-12-6-10-43(30-46)39-69)35-59(63)60-37-52(20-25-64(60)75)48-14-8-16-55(33-48)72-3/h5-37H,1H3. The topological polar surface area (TPSA) is 94.3 Å². The van der Waals surface area contributed by atoms with Crippen molar-refractivity contribution in [2.24, 2.45) is 0 Å². The molecule has 0 radical (unpaired) electrons. The first-order valence-electron chi connectivity index (χ1n) is 24.0. The van der Waals surface area contributed by atoms with Crippen molar-refractivity contribution in [2.45, 2.75) is 6.92 Å². The van der Waals surface area contributed by atoms with Gasteiger partial charge in [0.15, 0.2) is 11.4 Å². The lowest BCUT2D eigenvalue weighted by atomic mass is 9.97. The summed E-state index contributed by atoms with van der Waals surface area (Å²) in [5.41, 5.74) is 17.5. The molecule has 10 aromatic carbocycles. The molecular formula is C67H36N8. The summed E-state index contributed by atoms with van der Waals surface area (Å²) < 4.78 is 4.34. The molecule has 0 aliphatic carbocycles. The Morgan fingerprint density at radius 1 is 0.360 bits per heavy atom. The molecule has 0 aliphatic heterocycles. The van der Waals surface area contributed by atoms with Crippen molar-refractivity contribution in [3.63, 3.8) is 0 Å². The Kier molecular flexibility index (Phi) is 10.9. The van der Waals surface area contributed by atoms with Gasteiger partial charge in [0, 0.05) is 21.5 Å². The molecule has 0 unspecified atom stereocenters. The van der Waals surface area contributed by atoms with Gasteiger partial charge < -0.3 is 9.13 Å². The molecule has 0 aliphatic rings. The van der Waals surface area contributed by atoms with Crippen LogP contribution in [0.4, 0.5) is 17.1 Å². The van der Waals surface area contributed by atoms with Crippen LogP contribution in [0.1, 0.15) is 22.3 Å². The summed E-state index contributed by atoms with van der Waals surface area (Å²) in [7, 11) is 0. The number of nitrogens with zero attached hydrogens (tertiary/aromatic N) is 8. The average molecular weight is 953 g/mol. The fourth-order valence-electron chi connectivity index (χ4n) is 10.6. The SMILES string of the molecule is [C-]#[N+]c1cccc(-c2ccc3c(c2)c2cc(-c4cccc(C#N)c4)ccc2n3-c2ccc(-c3cc(C)cc(C#N)c3)c(-n3c4ccc(-c5cccc(C#N)c5)cc4c4cc(-c5cccc([N+]#[C-])c5)ccc43)c2[N+]#[C-])c1. The predicted octanol–water partition coefficient (Wildman–Crippen LogP) is 17.8. The quantitative estimate of drug-likeness (QED) is 0.149. The third-order valence-electron chi connectivity index (χ3n) is 14.0. The third kappa shape index (κ3) is 7.67. The first-order valence-corrected chi connectivity index (χ1v) is 24.0. The monoisotopic (exact) mass is 952 g/mol. The summed E-state index contributed by atoms with van der Waals surface area (Å²) in [5, 5.41) is 33.7. The Bertz CT molecular complexity index is 4470. The van der Waals surface area contributed by atoms with E-state index in [1.807, 2.05) is 97.9 Å². The van der Waals surface area contributed by atoms with Crippen LogP contribution < -0.4 is 0 Å². The summed E-state index contributed by atoms with van der Waals surface area (Å²) in [6.45, 7) is 26.8. The third-order valence-corrected chi connectivity index (χ3v) is 14.0. The van der Waals surface area contributed by atoms with Gasteiger partial charge in [-0.15, -0.1) is 0 Å². The summed E-state index contributed by atoms with van der Waals surface area (Å²) in [5.74, 6) is 0. The maximum absolute atomic E-state index is 10.3. The smallest absolute Gasteiger partial charge is 0.234 e. The predicted molar refractivity (Wildman–Crippen MR) is 300 cm³/mol. The van der Waals surface area contributed by atoms with Crippen molar-refractivity contribution in [3.05, 3.63) is 257 Å². The summed E-state index contributed by atoms with van der Waals surface area (Å²) in [6, 6.07) is 72.2. The second-order valence-electron chi connectivity index (χ2n) is 18.4. The highest BCUT2D eigenvalue weighted by atomic mass is 15.1. The summed E-state index contributed by atoms with van der Waals surface area (Å²) in [6.07, 6.45) is 0. The lowest BCUT2D eigenvalue weighted by molar-refractivity contribution is 1.14. The number of aryl methyl sites for hydroxylation is 1. The fraction of sp³-hybridized carbons (Fsp3) is 0.0149. The van der Waals surface area contributed by atoms with Gasteiger partial charge in [0.1, 0.15) is 0 Å². The van der Waals surface area contributed by atoms with Crippen LogP contribution in [0, 0.1) is 60.6 Å². The van der Waals surface area contributed by atoms with Crippen LogP contribution in [-0.2, 0) is 0 Å². The highest BCUT2D eigenvalue weighted by molar-refractivity contribution is 6.15. The lowest BCUT2D eigenvalue weighted by Gasteiger charge is -2.21. The molecule has 2 aromatic heterocycles. The lowest BCUT2D eigenvalue weighted by Crippen LogP contribution is -2.03. The van der Waals surface area contributed by atoms with Crippen LogP contribution in [0.2, 0.25) is 0 Å². The van der Waals surface area contributed by atoms with E-state index in [9.17, 15) is 22.4 Å². The molecule has 0 N–H and O–H groups in total. The number of benzene rings is 10. The molecule has 12 aromatic rings. The maximum Gasteiger partial charge on any atom is 0.234 e. The molecule has 0 fully saturated rings. The number of hydrogen-bond donors (Lipinski definition) is 0. The Balaban J connectivity index is 1.19. The van der Waals surface area contributed by atoms with Gasteiger partial charge in [-0.05, 0) is 171 Å². The van der Waals surface area contributed by atoms with Gasteiger partial charge >= 0.3 is 0 Å². The van der Waals surface area contributed by atoms with Crippen molar-refractivity contribution in [2.75, 3.05) is 0 Å². The summed E-state index contributed by atoms with van der Waals surface area (Å²) >= 11 is 0. The normalized spacial score (nSPS) is 10.9. The molecule has 0 atom stereocenters. The first-order chi connectivity index (χ1) is 36.8. The highest BCUT2D eigenvalue weighted by Crippen LogP contribution is 2.48. The van der Waals surface area contributed by atoms with Crippen LogP contribution in [-0.4, -0.2) is 9.13 Å². The molecule has 8 heteroatoms. The van der Waals surface area contributed by atoms with Crippen molar-refractivity contribution in [1.29, 1.82) is 15.8 Å². The summed E-state index contributed by atoms with van der Waals surface area (Å²) in [4.78, 5) is 11.9. The molecule has 0 saturated carbocycles. The molecule has 2 heterocycles. The van der Waals surface area contributed by atoms with Gasteiger partial charge in [0.05, 0.1) is 88.1 Å². The largest absolute Gasteiger partial charge is 0.319 e. The number of rotatable bonds is 7. The fourth-order valence-corrected chi connectivity index (χ4v) is 10.6. The minimum Gasteiger partial charge on any atom is -0.319 e. The number of nitriles is 3. The van der Waals surface area contributed by atoms with E-state index < -0.39 is 0 Å². The van der Waals surface area contributed by atoms with E-state index in [1.54, 1.807) is 24.3 Å². The van der Waals surface area contributed by atoms with E-state index in [-0.39, 0.29) is 0 Å². The first kappa shape index (κ1) is 44.9. The molecule has 0 bridgehead atoms. The second-order valence-corrected chi connectivity index (χ2v) is 18.4. The zero-order chi connectivity index (χ0) is 51.3. The van der Waals surface area contributed by atoms with E-state index in [4.69, 9.17) is 13.1 Å². The van der Waals surface area contributed by atoms with Crippen LogP contribution in [0.25, 0.3) is 125 Å². The van der Waals surface area contributed by atoms with Gasteiger partial charge in [-0.2, -0.15) is 15.8 Å². The van der Waals surface area contributed by atoms with Gasteiger partial charge in [0.25, 0.3) is 0 Å². The maximum atomic E-state index is 10.3. The molecule has 0 spiro atoms. The number of fused-ring (bicyclic) bond motifs is 6. The second kappa shape index (κ2) is 18.2. The minimum atomic E-state index is 0.379. The van der Waals surface area contributed by atoms with Crippen LogP contribution >= 0.6 is 0 Å². The van der Waals surface area contributed by atoms with E-state index >= 15 is 0 Å². The number of aromatic nitrogens is 2. The molecule has 0 saturated heterocycles. The van der Waals surface area contributed by atoms with E-state index in [0.717, 1.165) is 105 Å². The number of hydrogen-bond acceptors (Lipinski definition) is 3. The van der Waals surface area contributed by atoms with Crippen molar-refractivity contribution in [1.82, 2.24) is 9.13 Å². The molecule has 8 nitrogen and oxygen atoms in total. The Morgan fingerprint density at radius 2 is 0.760 bits per heavy atom. The van der Waals surface area contributed by atoms with Crippen molar-refractivity contribution < 1.29 is 0 Å². The Labute approximate surface area is 432 Å². The van der Waals surface area contributed by atoms with Crippen LogP contribution in [0.15, 0.2) is 200 Å². The minimum absolute atomic E-state index is 0.379. The van der Waals surface area contributed by atoms with Crippen molar-refractivity contribution in [3.8, 4) is 85.2 Å².